The zero-order valence-electron chi connectivity index (χ0n) is 23.7. The van der Waals surface area contributed by atoms with Gasteiger partial charge in [0.1, 0.15) is 5.75 Å². The van der Waals surface area contributed by atoms with Crippen molar-refractivity contribution in [3.63, 3.8) is 0 Å². The predicted molar refractivity (Wildman–Crippen MR) is 157 cm³/mol. The summed E-state index contributed by atoms with van der Waals surface area (Å²) in [7, 11) is 0. The number of carbonyl (C=O) groups excluding carboxylic acids is 1. The first-order valence-electron chi connectivity index (χ1n) is 15.6. The maximum Gasteiger partial charge on any atom is 0.372 e. The SMILES string of the molecule is CCCCCCCC[C@@H]1CC[C@@H]2[C@@H]3CC=C4C[C@@H](SC(=O)Oc5ccccc5)CC[C@]4(C)[C@H]3CC[C@]12C. The van der Waals surface area contributed by atoms with Crippen LogP contribution in [-0.2, 0) is 0 Å². The molecule has 2 nitrogen and oxygen atoms in total. The number of unbranched alkanes of at least 4 members (excludes halogenated alkanes) is 5. The highest BCUT2D eigenvalue weighted by atomic mass is 32.2. The summed E-state index contributed by atoms with van der Waals surface area (Å²) in [5.41, 5.74) is 2.60. The average Bonchev–Trinajstić information content (AvgIpc) is 3.23. The fourth-order valence-corrected chi connectivity index (χ4v) is 10.1. The third-order valence-corrected chi connectivity index (χ3v) is 12.4. The second-order valence-electron chi connectivity index (χ2n) is 13.3. The van der Waals surface area contributed by atoms with Gasteiger partial charge in [0.15, 0.2) is 0 Å². The van der Waals surface area contributed by atoms with Crippen LogP contribution in [0, 0.1) is 34.5 Å². The van der Waals surface area contributed by atoms with Crippen LogP contribution in [0.25, 0.3) is 0 Å². The average molecular weight is 523 g/mol. The van der Waals surface area contributed by atoms with Crippen LogP contribution >= 0.6 is 11.8 Å². The van der Waals surface area contributed by atoms with Crippen LogP contribution in [0.4, 0.5) is 4.79 Å². The maximum atomic E-state index is 12.6. The molecule has 5 rings (SSSR count). The Morgan fingerprint density at radius 3 is 2.54 bits per heavy atom. The number of benzene rings is 1. The van der Waals surface area contributed by atoms with Gasteiger partial charge in [0.05, 0.1) is 0 Å². The first kappa shape index (κ1) is 27.4. The van der Waals surface area contributed by atoms with E-state index in [0.717, 1.165) is 36.5 Å². The summed E-state index contributed by atoms with van der Waals surface area (Å²) in [6, 6.07) is 9.50. The van der Waals surface area contributed by atoms with Gasteiger partial charge in [-0.3, -0.25) is 0 Å². The van der Waals surface area contributed by atoms with E-state index in [2.05, 4.69) is 26.8 Å². The van der Waals surface area contributed by atoms with Crippen molar-refractivity contribution in [1.82, 2.24) is 0 Å². The Labute approximate surface area is 230 Å². The molecule has 0 unspecified atom stereocenters. The van der Waals surface area contributed by atoms with E-state index in [9.17, 15) is 4.79 Å². The molecule has 3 heteroatoms. The van der Waals surface area contributed by atoms with Crippen molar-refractivity contribution < 1.29 is 9.53 Å². The first-order valence-corrected chi connectivity index (χ1v) is 16.4. The lowest BCUT2D eigenvalue weighted by Gasteiger charge is -2.58. The third kappa shape index (κ3) is 5.73. The van der Waals surface area contributed by atoms with E-state index >= 15 is 0 Å². The van der Waals surface area contributed by atoms with Crippen molar-refractivity contribution in [3.8, 4) is 5.75 Å². The molecule has 3 fully saturated rings. The van der Waals surface area contributed by atoms with Crippen LogP contribution in [-0.4, -0.2) is 10.6 Å². The number of allylic oxidation sites excluding steroid dienone is 2. The van der Waals surface area contributed by atoms with Crippen molar-refractivity contribution in [1.29, 1.82) is 0 Å². The molecule has 0 saturated heterocycles. The molecule has 37 heavy (non-hydrogen) atoms. The molecule has 4 aliphatic carbocycles. The minimum absolute atomic E-state index is 0.148. The van der Waals surface area contributed by atoms with Gasteiger partial charge in [0.2, 0.25) is 0 Å². The van der Waals surface area contributed by atoms with E-state index in [0.29, 0.717) is 21.8 Å². The smallest absolute Gasteiger partial charge is 0.372 e. The summed E-state index contributed by atoms with van der Waals surface area (Å²) in [5, 5.41) is 0.207. The van der Waals surface area contributed by atoms with Gasteiger partial charge in [0, 0.05) is 5.25 Å². The second-order valence-corrected chi connectivity index (χ2v) is 14.5. The van der Waals surface area contributed by atoms with E-state index in [-0.39, 0.29) is 5.30 Å². The number of carbonyl (C=O) groups is 1. The second kappa shape index (κ2) is 11.9. The number of thioether (sulfide) groups is 1. The molecule has 0 heterocycles. The molecule has 0 radical (unpaired) electrons. The standard InChI is InChI=1S/C34H50O2S/c1-4-5-6-7-8-10-13-25-17-19-30-29-18-16-26-24-28(37-32(35)36-27-14-11-9-12-15-27)20-22-34(26,3)31(29)21-23-33(25,30)2/h9,11-12,14-16,25,28-31H,4-8,10,13,17-24H2,1-3H3/t25-,28+,29+,30-,31+,33-,34+/m1/s1. The van der Waals surface area contributed by atoms with Crippen LogP contribution in [0.15, 0.2) is 42.0 Å². The van der Waals surface area contributed by atoms with Gasteiger partial charge in [-0.05, 0) is 116 Å². The largest absolute Gasteiger partial charge is 0.418 e. The van der Waals surface area contributed by atoms with E-state index in [1.54, 1.807) is 5.57 Å². The first-order chi connectivity index (χ1) is 17.9. The van der Waals surface area contributed by atoms with Crippen molar-refractivity contribution >= 4 is 17.1 Å². The fourth-order valence-electron chi connectivity index (χ4n) is 9.23. The zero-order chi connectivity index (χ0) is 25.9. The molecule has 0 spiro atoms. The monoisotopic (exact) mass is 522 g/mol. The van der Waals surface area contributed by atoms with E-state index in [1.807, 2.05) is 30.3 Å². The summed E-state index contributed by atoms with van der Waals surface area (Å²) in [6.45, 7) is 7.59. The maximum absolute atomic E-state index is 12.6. The molecule has 0 amide bonds. The van der Waals surface area contributed by atoms with Crippen LogP contribution in [0.1, 0.15) is 117 Å². The van der Waals surface area contributed by atoms with Crippen LogP contribution in [0.5, 0.6) is 5.75 Å². The molecule has 0 aromatic heterocycles. The lowest BCUT2D eigenvalue weighted by molar-refractivity contribution is -0.0421. The minimum atomic E-state index is -0.148. The number of para-hydroxylation sites is 1. The highest BCUT2D eigenvalue weighted by molar-refractivity contribution is 8.13. The van der Waals surface area contributed by atoms with Crippen molar-refractivity contribution in [2.75, 3.05) is 0 Å². The molecule has 1 aromatic carbocycles. The highest BCUT2D eigenvalue weighted by Crippen LogP contribution is 2.67. The molecule has 0 bridgehead atoms. The molecule has 1 aromatic rings. The Hall–Kier alpha value is -1.22. The Morgan fingerprint density at radius 1 is 0.946 bits per heavy atom. The zero-order valence-corrected chi connectivity index (χ0v) is 24.5. The number of fused-ring (bicyclic) bond motifs is 5. The normalized spacial score (nSPS) is 36.7. The van der Waals surface area contributed by atoms with E-state index in [4.69, 9.17) is 4.74 Å². The van der Waals surface area contributed by atoms with Gasteiger partial charge in [-0.2, -0.15) is 0 Å². The van der Waals surface area contributed by atoms with Gasteiger partial charge >= 0.3 is 5.30 Å². The van der Waals surface area contributed by atoms with Crippen LogP contribution in [0.3, 0.4) is 0 Å². The summed E-state index contributed by atoms with van der Waals surface area (Å²) in [4.78, 5) is 12.6. The Bertz CT molecular complexity index is 940. The molecule has 0 aliphatic heterocycles. The summed E-state index contributed by atoms with van der Waals surface area (Å²) >= 11 is 1.43. The molecule has 4 aliphatic rings. The molecular formula is C34H50O2S. The molecule has 204 valence electrons. The van der Waals surface area contributed by atoms with Gasteiger partial charge in [-0.15, -0.1) is 0 Å². The molecule has 7 atom stereocenters. The van der Waals surface area contributed by atoms with Gasteiger partial charge in [-0.1, -0.05) is 89.1 Å². The van der Waals surface area contributed by atoms with Crippen LogP contribution < -0.4 is 4.74 Å². The predicted octanol–water partition coefficient (Wildman–Crippen LogP) is 10.6. The number of ether oxygens (including phenoxy) is 1. The summed E-state index contributed by atoms with van der Waals surface area (Å²) < 4.78 is 5.59. The summed E-state index contributed by atoms with van der Waals surface area (Å²) in [6.07, 6.45) is 23.2. The Kier molecular flexibility index (Phi) is 8.79. The lowest BCUT2D eigenvalue weighted by Crippen LogP contribution is -2.50. The van der Waals surface area contributed by atoms with Gasteiger partial charge < -0.3 is 4.74 Å². The Morgan fingerprint density at radius 2 is 1.73 bits per heavy atom. The third-order valence-electron chi connectivity index (χ3n) is 11.4. The van der Waals surface area contributed by atoms with Gasteiger partial charge in [0.25, 0.3) is 0 Å². The summed E-state index contributed by atoms with van der Waals surface area (Å²) in [5.74, 6) is 4.27. The van der Waals surface area contributed by atoms with Crippen molar-refractivity contribution in [3.05, 3.63) is 42.0 Å². The Balaban J connectivity index is 1.18. The van der Waals surface area contributed by atoms with E-state index < -0.39 is 0 Å². The van der Waals surface area contributed by atoms with Gasteiger partial charge in [-0.25, -0.2) is 4.79 Å². The quantitative estimate of drug-likeness (QED) is 0.183. The molecular weight excluding hydrogens is 472 g/mol. The van der Waals surface area contributed by atoms with Crippen molar-refractivity contribution in [2.45, 2.75) is 122 Å². The number of hydrogen-bond acceptors (Lipinski definition) is 3. The number of hydrogen-bond donors (Lipinski definition) is 0. The topological polar surface area (TPSA) is 26.3 Å². The highest BCUT2D eigenvalue weighted by Gasteiger charge is 2.58. The fraction of sp³-hybridized carbons (Fsp3) is 0.735. The molecule has 3 saturated carbocycles. The lowest BCUT2D eigenvalue weighted by atomic mass is 9.47. The van der Waals surface area contributed by atoms with E-state index in [1.165, 1.54) is 95.2 Å². The van der Waals surface area contributed by atoms with Crippen molar-refractivity contribution in [2.24, 2.45) is 34.5 Å². The number of rotatable bonds is 9. The van der Waals surface area contributed by atoms with Crippen LogP contribution in [0.2, 0.25) is 0 Å². The minimum Gasteiger partial charge on any atom is -0.418 e. The molecule has 0 N–H and O–H groups in total.